The first-order valence-electron chi connectivity index (χ1n) is 5.09. The molecule has 2 rings (SSSR count). The van der Waals surface area contributed by atoms with E-state index < -0.39 is 11.1 Å². The maximum absolute atomic E-state index is 12.3. The second-order valence-electron chi connectivity index (χ2n) is 3.71. The second-order valence-corrected chi connectivity index (χ2v) is 4.62. The number of thiophene rings is 1. The summed E-state index contributed by atoms with van der Waals surface area (Å²) in [7, 11) is 0. The molecule has 0 aromatic carbocycles. The van der Waals surface area contributed by atoms with E-state index in [0.717, 1.165) is 32.0 Å². The summed E-state index contributed by atoms with van der Waals surface area (Å²) in [4.78, 5) is -0.601. The van der Waals surface area contributed by atoms with Crippen molar-refractivity contribution in [2.45, 2.75) is 25.1 Å². The first-order chi connectivity index (χ1) is 7.55. The van der Waals surface area contributed by atoms with Crippen molar-refractivity contribution < 1.29 is 17.9 Å². The molecule has 0 spiro atoms. The van der Waals surface area contributed by atoms with Gasteiger partial charge in [0.2, 0.25) is 0 Å². The molecule has 1 aromatic rings. The van der Waals surface area contributed by atoms with Crippen LogP contribution in [0.4, 0.5) is 13.2 Å². The van der Waals surface area contributed by atoms with Gasteiger partial charge in [0.1, 0.15) is 16.7 Å². The molecule has 0 bridgehead atoms. The second kappa shape index (κ2) is 5.93. The zero-order chi connectivity index (χ0) is 11.6. The molecule has 2 nitrogen and oxygen atoms in total. The highest BCUT2D eigenvalue weighted by Gasteiger charge is 2.33. The van der Waals surface area contributed by atoms with Gasteiger partial charge in [-0.3, -0.25) is 0 Å². The van der Waals surface area contributed by atoms with Crippen LogP contribution in [-0.2, 0) is 6.18 Å². The zero-order valence-electron chi connectivity index (χ0n) is 8.92. The normalized spacial score (nSPS) is 17.6. The predicted molar refractivity (Wildman–Crippen MR) is 63.1 cm³/mol. The van der Waals surface area contributed by atoms with E-state index in [4.69, 9.17) is 4.74 Å². The molecule has 1 fully saturated rings. The summed E-state index contributed by atoms with van der Waals surface area (Å²) in [5, 5.41) is 4.59. The van der Waals surface area contributed by atoms with Crippen LogP contribution in [0.25, 0.3) is 0 Å². The van der Waals surface area contributed by atoms with Crippen molar-refractivity contribution in [3.63, 3.8) is 0 Å². The lowest BCUT2D eigenvalue weighted by molar-refractivity contribution is -0.134. The van der Waals surface area contributed by atoms with E-state index in [1.54, 1.807) is 0 Å². The average Bonchev–Trinajstić information content (AvgIpc) is 2.67. The molecule has 98 valence electrons. The third kappa shape index (κ3) is 4.04. The monoisotopic (exact) mass is 287 g/mol. The van der Waals surface area contributed by atoms with E-state index in [-0.39, 0.29) is 18.5 Å². The lowest BCUT2D eigenvalue weighted by Gasteiger charge is -2.23. The number of hydrogen-bond acceptors (Lipinski definition) is 3. The Morgan fingerprint density at radius 1 is 1.29 bits per heavy atom. The molecule has 2 heterocycles. The third-order valence-corrected chi connectivity index (χ3v) is 3.40. The summed E-state index contributed by atoms with van der Waals surface area (Å²) in [6.07, 6.45) is -2.54. The molecule has 0 unspecified atom stereocenters. The minimum atomic E-state index is -4.26. The maximum atomic E-state index is 12.3. The first kappa shape index (κ1) is 14.6. The van der Waals surface area contributed by atoms with Gasteiger partial charge in [-0.2, -0.15) is 13.2 Å². The smallest absolute Gasteiger partial charge is 0.425 e. The number of rotatable bonds is 2. The molecule has 0 atom stereocenters. The fraction of sp³-hybridized carbons (Fsp3) is 0.600. The van der Waals surface area contributed by atoms with Crippen LogP contribution >= 0.6 is 23.7 Å². The molecule has 1 aliphatic heterocycles. The topological polar surface area (TPSA) is 21.3 Å². The van der Waals surface area contributed by atoms with Gasteiger partial charge in [-0.15, -0.1) is 23.7 Å². The molecular formula is C10H13ClF3NOS. The van der Waals surface area contributed by atoms with Crippen LogP contribution < -0.4 is 10.1 Å². The molecule has 0 aliphatic carbocycles. The first-order valence-corrected chi connectivity index (χ1v) is 5.97. The lowest BCUT2D eigenvalue weighted by Crippen LogP contribution is -2.34. The van der Waals surface area contributed by atoms with Gasteiger partial charge in [0.05, 0.1) is 0 Å². The number of ether oxygens (including phenoxy) is 1. The van der Waals surface area contributed by atoms with Crippen molar-refractivity contribution in [1.82, 2.24) is 5.32 Å². The van der Waals surface area contributed by atoms with Crippen molar-refractivity contribution in [2.75, 3.05) is 13.1 Å². The Hall–Kier alpha value is -0.460. The molecule has 7 heteroatoms. The number of nitrogens with one attached hydrogen (secondary N) is 1. The van der Waals surface area contributed by atoms with Gasteiger partial charge in [0.25, 0.3) is 0 Å². The van der Waals surface area contributed by atoms with Crippen molar-refractivity contribution >= 4 is 23.7 Å². The Morgan fingerprint density at radius 2 is 1.94 bits per heavy atom. The minimum absolute atomic E-state index is 0. The summed E-state index contributed by atoms with van der Waals surface area (Å²) in [6.45, 7) is 1.72. The van der Waals surface area contributed by atoms with Gasteiger partial charge in [-0.05, 0) is 25.9 Å². The van der Waals surface area contributed by atoms with Gasteiger partial charge in [-0.25, -0.2) is 0 Å². The molecular weight excluding hydrogens is 275 g/mol. The van der Waals surface area contributed by atoms with Gasteiger partial charge >= 0.3 is 6.18 Å². The lowest BCUT2D eigenvalue weighted by atomic mass is 10.1. The van der Waals surface area contributed by atoms with Gasteiger partial charge in [-0.1, -0.05) is 0 Å². The minimum Gasteiger partial charge on any atom is -0.489 e. The van der Waals surface area contributed by atoms with Gasteiger partial charge in [0, 0.05) is 11.4 Å². The largest absolute Gasteiger partial charge is 0.489 e. The molecule has 17 heavy (non-hydrogen) atoms. The summed E-state index contributed by atoms with van der Waals surface area (Å²) in [5.41, 5.74) is 0. The van der Waals surface area contributed by atoms with Crippen LogP contribution in [0.2, 0.25) is 0 Å². The SMILES string of the molecule is Cl.FC(F)(F)c1cc(OC2CCNCC2)cs1. The van der Waals surface area contributed by atoms with Crippen LogP contribution in [0.3, 0.4) is 0 Å². The molecule has 0 amide bonds. The Labute approximate surface area is 108 Å². The quantitative estimate of drug-likeness (QED) is 0.901. The average molecular weight is 288 g/mol. The Balaban J connectivity index is 0.00000144. The van der Waals surface area contributed by atoms with E-state index in [1.807, 2.05) is 0 Å². The molecule has 0 radical (unpaired) electrons. The number of hydrogen-bond donors (Lipinski definition) is 1. The van der Waals surface area contributed by atoms with Crippen LogP contribution in [0.5, 0.6) is 5.75 Å². The Morgan fingerprint density at radius 3 is 2.47 bits per heavy atom. The van der Waals surface area contributed by atoms with E-state index in [1.165, 1.54) is 5.38 Å². The van der Waals surface area contributed by atoms with Crippen molar-refractivity contribution in [3.05, 3.63) is 16.3 Å². The summed E-state index contributed by atoms with van der Waals surface area (Å²) in [6, 6.07) is 1.08. The highest BCUT2D eigenvalue weighted by molar-refractivity contribution is 7.10. The zero-order valence-corrected chi connectivity index (χ0v) is 10.6. The molecule has 1 aliphatic rings. The fourth-order valence-electron chi connectivity index (χ4n) is 1.63. The van der Waals surface area contributed by atoms with Crippen molar-refractivity contribution in [3.8, 4) is 5.75 Å². The molecule has 1 N–H and O–H groups in total. The Kier molecular flexibility index (Phi) is 5.09. The molecule has 0 saturated carbocycles. The molecule has 1 saturated heterocycles. The van der Waals surface area contributed by atoms with Crippen LogP contribution in [0.1, 0.15) is 17.7 Å². The van der Waals surface area contributed by atoms with E-state index in [0.29, 0.717) is 17.1 Å². The van der Waals surface area contributed by atoms with Gasteiger partial charge in [0.15, 0.2) is 0 Å². The standard InChI is InChI=1S/C10H12F3NOS.ClH/c11-10(12,13)9-5-8(6-16-9)15-7-1-3-14-4-2-7;/h5-7,14H,1-4H2;1H. The highest BCUT2D eigenvalue weighted by Crippen LogP contribution is 2.36. The van der Waals surface area contributed by atoms with E-state index in [2.05, 4.69) is 5.32 Å². The number of piperidine rings is 1. The predicted octanol–water partition coefficient (Wildman–Crippen LogP) is 3.32. The maximum Gasteiger partial charge on any atom is 0.425 e. The van der Waals surface area contributed by atoms with Crippen LogP contribution in [-0.4, -0.2) is 19.2 Å². The number of halogens is 4. The van der Waals surface area contributed by atoms with Gasteiger partial charge < -0.3 is 10.1 Å². The summed E-state index contributed by atoms with van der Waals surface area (Å²) >= 11 is 0.679. The van der Waals surface area contributed by atoms with Crippen molar-refractivity contribution in [1.29, 1.82) is 0 Å². The highest BCUT2D eigenvalue weighted by atomic mass is 35.5. The van der Waals surface area contributed by atoms with E-state index in [9.17, 15) is 13.2 Å². The molecule has 1 aromatic heterocycles. The fourth-order valence-corrected chi connectivity index (χ4v) is 2.32. The van der Waals surface area contributed by atoms with Crippen LogP contribution in [0.15, 0.2) is 11.4 Å². The summed E-state index contributed by atoms with van der Waals surface area (Å²) in [5.74, 6) is 0.337. The van der Waals surface area contributed by atoms with Crippen molar-refractivity contribution in [2.24, 2.45) is 0 Å². The number of alkyl halides is 3. The third-order valence-electron chi connectivity index (χ3n) is 2.44. The summed E-state index contributed by atoms with van der Waals surface area (Å²) < 4.78 is 42.5. The van der Waals surface area contributed by atoms with Crippen LogP contribution in [0, 0.1) is 0 Å². The van der Waals surface area contributed by atoms with E-state index >= 15 is 0 Å². The Bertz CT molecular complexity index is 350.